The molecule has 0 spiro atoms. The maximum absolute atomic E-state index is 13.8. The molecule has 33 heavy (non-hydrogen) atoms. The summed E-state index contributed by atoms with van der Waals surface area (Å²) >= 11 is 0. The van der Waals surface area contributed by atoms with Crippen LogP contribution in [0.15, 0.2) is 66.4 Å². The number of rotatable bonds is 5. The van der Waals surface area contributed by atoms with Crippen LogP contribution < -0.4 is 15.1 Å². The average Bonchev–Trinajstić information content (AvgIpc) is 3.01. The van der Waals surface area contributed by atoms with E-state index in [2.05, 4.69) is 5.32 Å². The van der Waals surface area contributed by atoms with Crippen LogP contribution in [-0.4, -0.2) is 25.9 Å². The number of carbonyl (C=O) groups is 2. The second kappa shape index (κ2) is 8.58. The predicted octanol–water partition coefficient (Wildman–Crippen LogP) is 5.38. The minimum absolute atomic E-state index is 0.302. The van der Waals surface area contributed by atoms with Crippen LogP contribution in [0.25, 0.3) is 5.57 Å². The van der Waals surface area contributed by atoms with Gasteiger partial charge in [0.05, 0.1) is 11.3 Å². The highest BCUT2D eigenvalue weighted by atomic mass is 16.2. The van der Waals surface area contributed by atoms with Gasteiger partial charge in [-0.2, -0.15) is 0 Å². The van der Waals surface area contributed by atoms with Crippen molar-refractivity contribution in [2.75, 3.05) is 29.2 Å². The molecule has 0 aliphatic carbocycles. The summed E-state index contributed by atoms with van der Waals surface area (Å²) in [6.07, 6.45) is 0. The van der Waals surface area contributed by atoms with E-state index in [9.17, 15) is 9.59 Å². The van der Waals surface area contributed by atoms with Crippen LogP contribution in [0.1, 0.15) is 27.8 Å². The number of anilines is 3. The van der Waals surface area contributed by atoms with Crippen molar-refractivity contribution in [1.82, 2.24) is 0 Å². The zero-order valence-electron chi connectivity index (χ0n) is 20.0. The number of aryl methyl sites for hydroxylation is 3. The van der Waals surface area contributed by atoms with Crippen molar-refractivity contribution in [3.05, 3.63) is 94.2 Å². The third kappa shape index (κ3) is 4.02. The normalized spacial score (nSPS) is 13.7. The molecule has 1 heterocycles. The third-order valence-electron chi connectivity index (χ3n) is 6.20. The maximum Gasteiger partial charge on any atom is 0.282 e. The van der Waals surface area contributed by atoms with Gasteiger partial charge >= 0.3 is 0 Å². The fraction of sp³-hybridized carbons (Fsp3) is 0.214. The fourth-order valence-electron chi connectivity index (χ4n) is 4.16. The number of carbonyl (C=O) groups excluding carboxylic acids is 2. The van der Waals surface area contributed by atoms with Gasteiger partial charge in [0.15, 0.2) is 0 Å². The Labute approximate surface area is 195 Å². The molecule has 2 amide bonds. The number of benzene rings is 3. The van der Waals surface area contributed by atoms with E-state index in [-0.39, 0.29) is 11.8 Å². The Bertz CT molecular complexity index is 1300. The van der Waals surface area contributed by atoms with E-state index in [1.54, 1.807) is 6.07 Å². The molecule has 4 rings (SSSR count). The number of amides is 2. The van der Waals surface area contributed by atoms with Crippen molar-refractivity contribution in [2.45, 2.75) is 27.7 Å². The van der Waals surface area contributed by atoms with E-state index in [4.69, 9.17) is 0 Å². The molecule has 0 bridgehead atoms. The van der Waals surface area contributed by atoms with E-state index in [1.807, 2.05) is 101 Å². The summed E-state index contributed by atoms with van der Waals surface area (Å²) in [4.78, 5) is 30.7. The van der Waals surface area contributed by atoms with E-state index in [1.165, 1.54) is 4.90 Å². The van der Waals surface area contributed by atoms with Crippen LogP contribution in [-0.2, 0) is 9.59 Å². The van der Waals surface area contributed by atoms with Crippen LogP contribution >= 0.6 is 0 Å². The minimum atomic E-state index is -0.355. The first-order valence-electron chi connectivity index (χ1n) is 11.0. The summed E-state index contributed by atoms with van der Waals surface area (Å²) in [5.74, 6) is -0.678. The Kier molecular flexibility index (Phi) is 5.81. The highest BCUT2D eigenvalue weighted by Gasteiger charge is 2.41. The Morgan fingerprint density at radius 3 is 2.21 bits per heavy atom. The predicted molar refractivity (Wildman–Crippen MR) is 136 cm³/mol. The molecule has 0 fully saturated rings. The van der Waals surface area contributed by atoms with Crippen molar-refractivity contribution in [1.29, 1.82) is 0 Å². The van der Waals surface area contributed by atoms with Gasteiger partial charge in [-0.1, -0.05) is 42.0 Å². The smallest absolute Gasteiger partial charge is 0.282 e. The van der Waals surface area contributed by atoms with Gasteiger partial charge < -0.3 is 10.2 Å². The summed E-state index contributed by atoms with van der Waals surface area (Å²) in [5.41, 5.74) is 7.95. The monoisotopic (exact) mass is 439 g/mol. The minimum Gasteiger partial charge on any atom is -0.378 e. The zero-order chi connectivity index (χ0) is 23.9. The zero-order valence-corrected chi connectivity index (χ0v) is 20.0. The summed E-state index contributed by atoms with van der Waals surface area (Å²) < 4.78 is 0. The molecule has 5 nitrogen and oxygen atoms in total. The molecule has 3 aromatic carbocycles. The van der Waals surface area contributed by atoms with E-state index in [0.29, 0.717) is 17.0 Å². The van der Waals surface area contributed by atoms with Crippen LogP contribution in [0, 0.1) is 27.7 Å². The fourth-order valence-corrected chi connectivity index (χ4v) is 4.16. The van der Waals surface area contributed by atoms with Gasteiger partial charge in [-0.05, 0) is 74.2 Å². The Balaban J connectivity index is 1.88. The maximum atomic E-state index is 13.8. The van der Waals surface area contributed by atoms with Crippen molar-refractivity contribution >= 4 is 34.4 Å². The second-order valence-corrected chi connectivity index (χ2v) is 8.80. The first-order chi connectivity index (χ1) is 15.7. The van der Waals surface area contributed by atoms with Gasteiger partial charge in [-0.15, -0.1) is 0 Å². The number of nitrogens with one attached hydrogen (secondary N) is 1. The molecule has 0 saturated carbocycles. The molecule has 168 valence electrons. The summed E-state index contributed by atoms with van der Waals surface area (Å²) in [5, 5.41) is 3.31. The molecule has 1 aliphatic rings. The number of nitrogens with zero attached hydrogens (tertiary/aromatic N) is 2. The van der Waals surface area contributed by atoms with Gasteiger partial charge in [-0.25, -0.2) is 4.90 Å². The van der Waals surface area contributed by atoms with Crippen molar-refractivity contribution in [2.24, 2.45) is 0 Å². The number of hydrogen-bond acceptors (Lipinski definition) is 4. The van der Waals surface area contributed by atoms with Crippen molar-refractivity contribution in [3.8, 4) is 0 Å². The largest absolute Gasteiger partial charge is 0.378 e. The van der Waals surface area contributed by atoms with Crippen LogP contribution in [0.3, 0.4) is 0 Å². The van der Waals surface area contributed by atoms with Gasteiger partial charge in [0, 0.05) is 25.5 Å². The van der Waals surface area contributed by atoms with Gasteiger partial charge in [0.1, 0.15) is 5.70 Å². The molecular formula is C28H29N3O2. The average molecular weight is 440 g/mol. The molecule has 0 unspecified atom stereocenters. The van der Waals surface area contributed by atoms with Gasteiger partial charge in [-0.3, -0.25) is 9.59 Å². The van der Waals surface area contributed by atoms with Crippen LogP contribution in [0.4, 0.5) is 17.1 Å². The van der Waals surface area contributed by atoms with Crippen molar-refractivity contribution in [3.63, 3.8) is 0 Å². The lowest BCUT2D eigenvalue weighted by molar-refractivity contribution is -0.120. The first-order valence-corrected chi connectivity index (χ1v) is 11.0. The lowest BCUT2D eigenvalue weighted by atomic mass is 9.97. The molecule has 3 aromatic rings. The molecule has 5 heteroatoms. The van der Waals surface area contributed by atoms with Crippen molar-refractivity contribution < 1.29 is 9.59 Å². The Morgan fingerprint density at radius 1 is 0.788 bits per heavy atom. The number of imide groups is 1. The van der Waals surface area contributed by atoms with Crippen LogP contribution in [0.2, 0.25) is 0 Å². The Hall–Kier alpha value is -3.86. The summed E-state index contributed by atoms with van der Waals surface area (Å²) in [6, 6.07) is 19.3. The molecule has 1 aliphatic heterocycles. The van der Waals surface area contributed by atoms with Gasteiger partial charge in [0.2, 0.25) is 0 Å². The second-order valence-electron chi connectivity index (χ2n) is 8.80. The Morgan fingerprint density at radius 2 is 1.52 bits per heavy atom. The SMILES string of the molecule is Cc1ccc(C2=C(Nc3cccc(C)c3C)C(=O)N(c3cccc(N(C)C)c3)C2=O)c(C)c1. The quantitative estimate of drug-likeness (QED) is 0.542. The molecule has 0 saturated heterocycles. The highest BCUT2D eigenvalue weighted by molar-refractivity contribution is 6.46. The highest BCUT2D eigenvalue weighted by Crippen LogP contribution is 2.36. The van der Waals surface area contributed by atoms with E-state index in [0.717, 1.165) is 39.2 Å². The lowest BCUT2D eigenvalue weighted by Crippen LogP contribution is -2.32. The molecular weight excluding hydrogens is 410 g/mol. The standard InChI is InChI=1S/C28H29N3O2/c1-17-13-14-23(19(3)15-17)25-26(29-24-12-7-9-18(2)20(24)4)28(33)31(27(25)32)22-11-8-10-21(16-22)30(5)6/h7-16,29H,1-6H3. The van der Waals surface area contributed by atoms with Gasteiger partial charge in [0.25, 0.3) is 11.8 Å². The van der Waals surface area contributed by atoms with Crippen LogP contribution in [0.5, 0.6) is 0 Å². The number of hydrogen-bond donors (Lipinski definition) is 1. The third-order valence-corrected chi connectivity index (χ3v) is 6.20. The summed E-state index contributed by atoms with van der Waals surface area (Å²) in [6.45, 7) is 8.02. The molecule has 0 radical (unpaired) electrons. The molecule has 0 aromatic heterocycles. The van der Waals surface area contributed by atoms with E-state index < -0.39 is 0 Å². The lowest BCUT2D eigenvalue weighted by Gasteiger charge is -2.19. The summed E-state index contributed by atoms with van der Waals surface area (Å²) in [7, 11) is 3.86. The van der Waals surface area contributed by atoms with E-state index >= 15 is 0 Å². The molecule has 0 atom stereocenters. The molecule has 1 N–H and O–H groups in total. The topological polar surface area (TPSA) is 52.7 Å². The first kappa shape index (κ1) is 22.3.